The summed E-state index contributed by atoms with van der Waals surface area (Å²) in [5, 5.41) is 10.1. The van der Waals surface area contributed by atoms with E-state index in [9.17, 15) is 5.11 Å². The van der Waals surface area contributed by atoms with Crippen LogP contribution >= 0.6 is 12.6 Å². The normalized spacial score (nSPS) is 15.4. The highest BCUT2D eigenvalue weighted by Gasteiger charge is 2.09. The fourth-order valence-electron chi connectivity index (χ4n) is 1.69. The highest BCUT2D eigenvalue weighted by molar-refractivity contribution is 7.80. The molecule has 0 heterocycles. The molecule has 0 saturated carbocycles. The van der Waals surface area contributed by atoms with Crippen molar-refractivity contribution in [2.75, 3.05) is 0 Å². The summed E-state index contributed by atoms with van der Waals surface area (Å²) in [6.07, 6.45) is 8.98. The van der Waals surface area contributed by atoms with Crippen molar-refractivity contribution in [3.8, 4) is 0 Å². The van der Waals surface area contributed by atoms with Gasteiger partial charge in [-0.15, -0.1) is 0 Å². The van der Waals surface area contributed by atoms with Gasteiger partial charge in [-0.2, -0.15) is 12.6 Å². The third-order valence-corrected chi connectivity index (χ3v) is 3.03. The maximum Gasteiger partial charge on any atom is 0.0550 e. The molecule has 0 radical (unpaired) electrons. The van der Waals surface area contributed by atoms with Gasteiger partial charge in [-0.3, -0.25) is 0 Å². The van der Waals surface area contributed by atoms with Gasteiger partial charge in [0.25, 0.3) is 0 Å². The van der Waals surface area contributed by atoms with Gasteiger partial charge in [-0.1, -0.05) is 46.0 Å². The van der Waals surface area contributed by atoms with Crippen molar-refractivity contribution in [2.45, 2.75) is 76.6 Å². The van der Waals surface area contributed by atoms with Gasteiger partial charge >= 0.3 is 0 Å². The summed E-state index contributed by atoms with van der Waals surface area (Å²) in [7, 11) is 0. The van der Waals surface area contributed by atoms with E-state index in [0.717, 1.165) is 25.7 Å². The Morgan fingerprint density at radius 3 is 2.29 bits per heavy atom. The zero-order valence-electron chi connectivity index (χ0n) is 9.71. The highest BCUT2D eigenvalue weighted by Crippen LogP contribution is 2.15. The van der Waals surface area contributed by atoms with Crippen LogP contribution in [0.1, 0.15) is 65.2 Å². The van der Waals surface area contributed by atoms with Crippen molar-refractivity contribution in [1.82, 2.24) is 0 Å². The number of unbranched alkanes of at least 4 members (excludes halogenated alkanes) is 3. The molecule has 14 heavy (non-hydrogen) atoms. The summed E-state index contributed by atoms with van der Waals surface area (Å²) in [6, 6.07) is 0. The molecule has 0 amide bonds. The topological polar surface area (TPSA) is 20.2 Å². The van der Waals surface area contributed by atoms with Crippen molar-refractivity contribution in [3.63, 3.8) is 0 Å². The van der Waals surface area contributed by atoms with Crippen LogP contribution in [0.25, 0.3) is 0 Å². The zero-order chi connectivity index (χ0) is 10.8. The Hall–Kier alpha value is 0.310. The minimum atomic E-state index is -0.124. The molecule has 0 aromatic rings. The van der Waals surface area contributed by atoms with Crippen LogP contribution in [0.15, 0.2) is 0 Å². The number of aliphatic hydroxyl groups is 1. The van der Waals surface area contributed by atoms with Crippen LogP contribution < -0.4 is 0 Å². The van der Waals surface area contributed by atoms with Crippen LogP contribution in [0.2, 0.25) is 0 Å². The summed E-state index contributed by atoms with van der Waals surface area (Å²) in [4.78, 5) is 0. The Balaban J connectivity index is 3.30. The second-order valence-electron chi connectivity index (χ2n) is 4.18. The molecule has 0 fully saturated rings. The number of rotatable bonds is 9. The lowest BCUT2D eigenvalue weighted by Gasteiger charge is -2.14. The van der Waals surface area contributed by atoms with Crippen molar-refractivity contribution in [1.29, 1.82) is 0 Å². The Morgan fingerprint density at radius 2 is 1.71 bits per heavy atom. The molecule has 0 rings (SSSR count). The van der Waals surface area contributed by atoms with E-state index >= 15 is 0 Å². The van der Waals surface area contributed by atoms with Gasteiger partial charge in [0.15, 0.2) is 0 Å². The Labute approximate surface area is 94.7 Å². The molecule has 0 aliphatic heterocycles. The van der Waals surface area contributed by atoms with E-state index in [0.29, 0.717) is 5.25 Å². The number of hydrogen-bond donors (Lipinski definition) is 2. The first-order valence-corrected chi connectivity index (χ1v) is 6.58. The SMILES string of the molecule is CCCCCCC(O)CC(S)CCC. The van der Waals surface area contributed by atoms with Crippen LogP contribution in [-0.2, 0) is 0 Å². The largest absolute Gasteiger partial charge is 0.393 e. The molecule has 0 aromatic heterocycles. The van der Waals surface area contributed by atoms with Crippen molar-refractivity contribution >= 4 is 12.6 Å². The van der Waals surface area contributed by atoms with Crippen molar-refractivity contribution in [3.05, 3.63) is 0 Å². The zero-order valence-corrected chi connectivity index (χ0v) is 10.6. The third kappa shape index (κ3) is 8.89. The second kappa shape index (κ2) is 9.85. The molecule has 0 spiro atoms. The summed E-state index contributed by atoms with van der Waals surface area (Å²) in [5.74, 6) is 0. The lowest BCUT2D eigenvalue weighted by molar-refractivity contribution is 0.149. The first kappa shape index (κ1) is 14.3. The van der Waals surface area contributed by atoms with Crippen LogP contribution in [0.4, 0.5) is 0 Å². The van der Waals surface area contributed by atoms with Crippen LogP contribution in [-0.4, -0.2) is 16.5 Å². The Bertz CT molecular complexity index is 117. The molecule has 0 saturated heterocycles. The van der Waals surface area contributed by atoms with Gasteiger partial charge in [0, 0.05) is 5.25 Å². The standard InChI is InChI=1S/C12H26OS/c1-3-5-6-7-9-11(13)10-12(14)8-4-2/h11-14H,3-10H2,1-2H3. The van der Waals surface area contributed by atoms with Gasteiger partial charge in [-0.05, 0) is 19.3 Å². The Kier molecular flexibility index (Phi) is 10.1. The lowest BCUT2D eigenvalue weighted by atomic mass is 10.0. The van der Waals surface area contributed by atoms with Gasteiger partial charge < -0.3 is 5.11 Å². The number of hydrogen-bond acceptors (Lipinski definition) is 2. The van der Waals surface area contributed by atoms with Gasteiger partial charge in [0.05, 0.1) is 6.10 Å². The van der Waals surface area contributed by atoms with E-state index in [1.807, 2.05) is 0 Å². The maximum atomic E-state index is 9.70. The monoisotopic (exact) mass is 218 g/mol. The molecule has 0 aliphatic carbocycles. The number of thiol groups is 1. The van der Waals surface area contributed by atoms with Gasteiger partial charge in [-0.25, -0.2) is 0 Å². The predicted molar refractivity (Wildman–Crippen MR) is 67.1 cm³/mol. The molecule has 1 nitrogen and oxygen atoms in total. The van der Waals surface area contributed by atoms with Crippen molar-refractivity contribution < 1.29 is 5.11 Å². The molecule has 2 heteroatoms. The second-order valence-corrected chi connectivity index (χ2v) is 4.91. The third-order valence-electron chi connectivity index (χ3n) is 2.56. The summed E-state index contributed by atoms with van der Waals surface area (Å²) >= 11 is 4.45. The summed E-state index contributed by atoms with van der Waals surface area (Å²) < 4.78 is 0. The highest BCUT2D eigenvalue weighted by atomic mass is 32.1. The molecule has 1 N–H and O–H groups in total. The predicted octanol–water partition coefficient (Wildman–Crippen LogP) is 3.81. The van der Waals surface area contributed by atoms with Crippen molar-refractivity contribution in [2.24, 2.45) is 0 Å². The molecule has 86 valence electrons. The molecule has 2 atom stereocenters. The molecule has 0 bridgehead atoms. The van der Waals surface area contributed by atoms with E-state index in [4.69, 9.17) is 0 Å². The first-order chi connectivity index (χ1) is 6.70. The lowest BCUT2D eigenvalue weighted by Crippen LogP contribution is -2.13. The van der Waals surface area contributed by atoms with E-state index in [2.05, 4.69) is 26.5 Å². The first-order valence-electron chi connectivity index (χ1n) is 6.06. The fraction of sp³-hybridized carbons (Fsp3) is 1.00. The molecular weight excluding hydrogens is 192 g/mol. The minimum absolute atomic E-state index is 0.124. The van der Waals surface area contributed by atoms with E-state index in [-0.39, 0.29) is 6.10 Å². The fourth-order valence-corrected chi connectivity index (χ4v) is 2.19. The maximum absolute atomic E-state index is 9.70. The van der Waals surface area contributed by atoms with Crippen LogP contribution in [0.5, 0.6) is 0 Å². The van der Waals surface area contributed by atoms with Gasteiger partial charge in [0.2, 0.25) is 0 Å². The Morgan fingerprint density at radius 1 is 1.00 bits per heavy atom. The van der Waals surface area contributed by atoms with Gasteiger partial charge in [0.1, 0.15) is 0 Å². The van der Waals surface area contributed by atoms with E-state index in [1.165, 1.54) is 25.7 Å². The summed E-state index contributed by atoms with van der Waals surface area (Å²) in [5.41, 5.74) is 0. The smallest absolute Gasteiger partial charge is 0.0550 e. The quantitative estimate of drug-likeness (QED) is 0.445. The average molecular weight is 218 g/mol. The average Bonchev–Trinajstić information content (AvgIpc) is 2.13. The van der Waals surface area contributed by atoms with Crippen LogP contribution in [0.3, 0.4) is 0 Å². The van der Waals surface area contributed by atoms with E-state index < -0.39 is 0 Å². The van der Waals surface area contributed by atoms with E-state index in [1.54, 1.807) is 0 Å². The molecule has 0 aromatic carbocycles. The molecule has 2 unspecified atom stereocenters. The molecular formula is C12H26OS. The number of aliphatic hydroxyl groups excluding tert-OH is 1. The minimum Gasteiger partial charge on any atom is -0.393 e. The molecule has 0 aliphatic rings. The van der Waals surface area contributed by atoms with Crippen LogP contribution in [0, 0.1) is 0 Å². The summed E-state index contributed by atoms with van der Waals surface area (Å²) in [6.45, 7) is 4.37.